The molecule has 0 saturated heterocycles. The topological polar surface area (TPSA) is 72.0 Å². The van der Waals surface area contributed by atoms with Gasteiger partial charge in [0.2, 0.25) is 11.7 Å². The number of benzene rings is 1. The summed E-state index contributed by atoms with van der Waals surface area (Å²) in [6.45, 7) is 0. The van der Waals surface area contributed by atoms with Gasteiger partial charge in [-0.05, 0) is 17.7 Å². The Morgan fingerprint density at radius 3 is 2.67 bits per heavy atom. The van der Waals surface area contributed by atoms with Crippen molar-refractivity contribution in [2.75, 3.05) is 0 Å². The molecule has 0 radical (unpaired) electrons. The summed E-state index contributed by atoms with van der Waals surface area (Å²) < 4.78 is 17.9. The van der Waals surface area contributed by atoms with Gasteiger partial charge < -0.3 is 9.63 Å². The Morgan fingerprint density at radius 1 is 1.14 bits per heavy atom. The first-order chi connectivity index (χ1) is 10.2. The first-order valence-corrected chi connectivity index (χ1v) is 6.40. The molecule has 1 atom stereocenters. The molecular formula is C15H12FN3O2. The number of aliphatic hydroxyl groups excluding tert-OH is 1. The molecule has 0 saturated carbocycles. The summed E-state index contributed by atoms with van der Waals surface area (Å²) in [6.07, 6.45) is 0.572. The van der Waals surface area contributed by atoms with Gasteiger partial charge in [0.05, 0.1) is 18.7 Å². The molecule has 6 heteroatoms. The Morgan fingerprint density at radius 2 is 1.95 bits per heavy atom. The van der Waals surface area contributed by atoms with Gasteiger partial charge in [-0.2, -0.15) is 4.98 Å². The van der Waals surface area contributed by atoms with Gasteiger partial charge in [0.15, 0.2) is 0 Å². The van der Waals surface area contributed by atoms with Crippen molar-refractivity contribution < 1.29 is 14.0 Å². The van der Waals surface area contributed by atoms with Crippen molar-refractivity contribution in [1.29, 1.82) is 0 Å². The van der Waals surface area contributed by atoms with E-state index in [1.807, 2.05) is 30.3 Å². The van der Waals surface area contributed by atoms with E-state index in [4.69, 9.17) is 4.52 Å². The molecule has 5 nitrogen and oxygen atoms in total. The van der Waals surface area contributed by atoms with E-state index in [2.05, 4.69) is 15.1 Å². The Labute approximate surface area is 120 Å². The predicted molar refractivity (Wildman–Crippen MR) is 72.6 cm³/mol. The maximum atomic E-state index is 12.8. The maximum absolute atomic E-state index is 12.8. The third-order valence-corrected chi connectivity index (χ3v) is 2.98. The van der Waals surface area contributed by atoms with Gasteiger partial charge in [0.25, 0.3) is 0 Å². The lowest BCUT2D eigenvalue weighted by atomic mass is 10.1. The van der Waals surface area contributed by atoms with Crippen LogP contribution in [0.1, 0.15) is 17.6 Å². The molecule has 0 fully saturated rings. The van der Waals surface area contributed by atoms with E-state index in [9.17, 15) is 9.50 Å². The third kappa shape index (κ3) is 3.11. The zero-order chi connectivity index (χ0) is 14.7. The van der Waals surface area contributed by atoms with Crippen molar-refractivity contribution in [3.05, 3.63) is 65.9 Å². The Kier molecular flexibility index (Phi) is 3.70. The number of pyridine rings is 1. The van der Waals surface area contributed by atoms with E-state index in [1.165, 1.54) is 12.1 Å². The molecule has 0 amide bonds. The molecule has 3 aromatic rings. The van der Waals surface area contributed by atoms with Crippen LogP contribution in [-0.4, -0.2) is 20.2 Å². The van der Waals surface area contributed by atoms with E-state index in [0.717, 1.165) is 11.8 Å². The number of nitrogens with zero attached hydrogens (tertiary/aromatic N) is 3. The van der Waals surface area contributed by atoms with Gasteiger partial charge in [-0.15, -0.1) is 0 Å². The van der Waals surface area contributed by atoms with Crippen LogP contribution in [0, 0.1) is 5.82 Å². The summed E-state index contributed by atoms with van der Waals surface area (Å²) >= 11 is 0. The molecule has 0 aliphatic carbocycles. The Balaban J connectivity index is 1.75. The molecule has 0 bridgehead atoms. The molecule has 3 rings (SSSR count). The van der Waals surface area contributed by atoms with Crippen LogP contribution in [0.25, 0.3) is 11.5 Å². The number of aliphatic hydroxyl groups is 1. The molecule has 1 aromatic carbocycles. The number of halogens is 1. The number of hydrogen-bond donors (Lipinski definition) is 1. The van der Waals surface area contributed by atoms with Crippen molar-refractivity contribution in [1.82, 2.24) is 15.1 Å². The van der Waals surface area contributed by atoms with Crippen molar-refractivity contribution in [3.63, 3.8) is 0 Å². The van der Waals surface area contributed by atoms with E-state index in [0.29, 0.717) is 11.6 Å². The Hall–Kier alpha value is -2.60. The minimum Gasteiger partial charge on any atom is -0.388 e. The summed E-state index contributed by atoms with van der Waals surface area (Å²) in [5, 5.41) is 13.9. The first-order valence-electron chi connectivity index (χ1n) is 6.40. The van der Waals surface area contributed by atoms with Crippen LogP contribution < -0.4 is 0 Å². The Bertz CT molecular complexity index is 713. The quantitative estimate of drug-likeness (QED) is 0.797. The molecule has 1 N–H and O–H groups in total. The number of hydrogen-bond acceptors (Lipinski definition) is 5. The second-order valence-corrected chi connectivity index (χ2v) is 4.50. The molecule has 1 unspecified atom stereocenters. The van der Waals surface area contributed by atoms with Crippen LogP contribution in [0.4, 0.5) is 4.39 Å². The second-order valence-electron chi connectivity index (χ2n) is 4.50. The second kappa shape index (κ2) is 5.80. The van der Waals surface area contributed by atoms with Gasteiger partial charge in [0.1, 0.15) is 11.5 Å². The first kappa shape index (κ1) is 13.4. The van der Waals surface area contributed by atoms with Gasteiger partial charge in [-0.3, -0.25) is 0 Å². The molecule has 0 aliphatic rings. The van der Waals surface area contributed by atoms with Crippen molar-refractivity contribution >= 4 is 0 Å². The van der Waals surface area contributed by atoms with Crippen molar-refractivity contribution in [2.45, 2.75) is 12.5 Å². The minimum atomic E-state index is -0.722. The number of rotatable bonds is 4. The summed E-state index contributed by atoms with van der Waals surface area (Å²) in [4.78, 5) is 8.03. The largest absolute Gasteiger partial charge is 0.388 e. The monoisotopic (exact) mass is 285 g/mol. The summed E-state index contributed by atoms with van der Waals surface area (Å²) in [5.74, 6) is 0.139. The minimum absolute atomic E-state index is 0.207. The zero-order valence-corrected chi connectivity index (χ0v) is 11.0. The highest BCUT2D eigenvalue weighted by Gasteiger charge is 2.15. The van der Waals surface area contributed by atoms with Gasteiger partial charge in [-0.1, -0.05) is 35.5 Å². The van der Waals surface area contributed by atoms with E-state index in [-0.39, 0.29) is 12.2 Å². The molecule has 2 heterocycles. The number of aromatic nitrogens is 3. The average Bonchev–Trinajstić information content (AvgIpc) is 2.97. The maximum Gasteiger partial charge on any atom is 0.229 e. The molecule has 2 aromatic heterocycles. The van der Waals surface area contributed by atoms with Crippen LogP contribution in [0.15, 0.2) is 53.2 Å². The van der Waals surface area contributed by atoms with E-state index < -0.39 is 11.9 Å². The highest BCUT2D eigenvalue weighted by Crippen LogP contribution is 2.19. The predicted octanol–water partition coefficient (Wildman–Crippen LogP) is 2.55. The normalized spacial score (nSPS) is 12.3. The zero-order valence-electron chi connectivity index (χ0n) is 11.0. The van der Waals surface area contributed by atoms with Crippen molar-refractivity contribution in [2.24, 2.45) is 0 Å². The average molecular weight is 285 g/mol. The summed E-state index contributed by atoms with van der Waals surface area (Å²) in [7, 11) is 0. The van der Waals surface area contributed by atoms with Crippen LogP contribution >= 0.6 is 0 Å². The van der Waals surface area contributed by atoms with Crippen LogP contribution in [0.2, 0.25) is 0 Å². The lowest BCUT2D eigenvalue weighted by Gasteiger charge is -2.07. The van der Waals surface area contributed by atoms with Gasteiger partial charge >= 0.3 is 0 Å². The standard InChI is InChI=1S/C15H12FN3O2/c16-11-6-7-12(17-9-11)15-18-14(21-19-15)8-13(20)10-4-2-1-3-5-10/h1-7,9,13,20H,8H2. The molecule has 21 heavy (non-hydrogen) atoms. The molecule has 106 valence electrons. The highest BCUT2D eigenvalue weighted by atomic mass is 19.1. The SMILES string of the molecule is OC(Cc1nc(-c2ccc(F)cn2)no1)c1ccccc1. The van der Waals surface area contributed by atoms with Gasteiger partial charge in [-0.25, -0.2) is 9.37 Å². The fraction of sp³-hybridized carbons (Fsp3) is 0.133. The smallest absolute Gasteiger partial charge is 0.229 e. The lowest BCUT2D eigenvalue weighted by Crippen LogP contribution is -2.01. The third-order valence-electron chi connectivity index (χ3n) is 2.98. The molecule has 0 spiro atoms. The van der Waals surface area contributed by atoms with E-state index in [1.54, 1.807) is 0 Å². The van der Waals surface area contributed by atoms with Gasteiger partial charge in [0, 0.05) is 0 Å². The lowest BCUT2D eigenvalue weighted by molar-refractivity contribution is 0.165. The van der Waals surface area contributed by atoms with Crippen molar-refractivity contribution in [3.8, 4) is 11.5 Å². The fourth-order valence-electron chi connectivity index (χ4n) is 1.91. The molecular weight excluding hydrogens is 273 g/mol. The summed E-state index contributed by atoms with van der Waals surface area (Å²) in [5.41, 5.74) is 1.19. The van der Waals surface area contributed by atoms with E-state index >= 15 is 0 Å². The van der Waals surface area contributed by atoms with Crippen LogP contribution in [-0.2, 0) is 6.42 Å². The summed E-state index contributed by atoms with van der Waals surface area (Å²) in [6, 6.07) is 12.0. The van der Waals surface area contributed by atoms with Crippen LogP contribution in [0.3, 0.4) is 0 Å². The highest BCUT2D eigenvalue weighted by molar-refractivity contribution is 5.47. The van der Waals surface area contributed by atoms with Crippen LogP contribution in [0.5, 0.6) is 0 Å². The fourth-order valence-corrected chi connectivity index (χ4v) is 1.91. The molecule has 0 aliphatic heterocycles.